The third kappa shape index (κ3) is 3.36. The lowest BCUT2D eigenvalue weighted by Gasteiger charge is -2.14. The summed E-state index contributed by atoms with van der Waals surface area (Å²) in [6.07, 6.45) is -4.99. The van der Waals surface area contributed by atoms with Crippen molar-refractivity contribution in [1.29, 1.82) is 0 Å². The first-order chi connectivity index (χ1) is 12.2. The molecule has 0 aliphatic carbocycles. The van der Waals surface area contributed by atoms with Crippen LogP contribution in [0.3, 0.4) is 0 Å². The maximum atomic E-state index is 12.6. The number of aromatic carboxylic acids is 1. The van der Waals surface area contributed by atoms with Crippen LogP contribution in [0.1, 0.15) is 10.4 Å². The Morgan fingerprint density at radius 2 is 1.77 bits per heavy atom. The van der Waals surface area contributed by atoms with Crippen LogP contribution < -0.4 is 4.74 Å². The fourth-order valence-corrected chi connectivity index (χ4v) is 2.61. The highest BCUT2D eigenvalue weighted by molar-refractivity contribution is 6.30. The molecule has 5 nitrogen and oxygen atoms in total. The zero-order valence-corrected chi connectivity index (χ0v) is 13.5. The predicted octanol–water partition coefficient (Wildman–Crippen LogP) is 4.86. The fraction of sp³-hybridized carbons (Fsp3) is 0.0588. The van der Waals surface area contributed by atoms with E-state index in [2.05, 4.69) is 9.72 Å². The van der Waals surface area contributed by atoms with Crippen LogP contribution in [-0.2, 0) is 0 Å². The first-order valence-corrected chi connectivity index (χ1v) is 7.46. The topological polar surface area (TPSA) is 79.7 Å². The summed E-state index contributed by atoms with van der Waals surface area (Å²) >= 11 is 5.79. The summed E-state index contributed by atoms with van der Waals surface area (Å²) in [6, 6.07) is 9.28. The molecule has 0 saturated heterocycles. The number of ether oxygens (including phenoxy) is 1. The number of nitrogens with zero attached hydrogens (tertiary/aromatic N) is 1. The van der Waals surface area contributed by atoms with E-state index in [0.717, 1.165) is 6.07 Å². The second kappa shape index (κ2) is 6.38. The maximum Gasteiger partial charge on any atom is 0.573 e. The van der Waals surface area contributed by atoms with E-state index < -0.39 is 29.4 Å². The number of fused-ring (bicyclic) bond motifs is 1. The fourth-order valence-electron chi connectivity index (χ4n) is 2.48. The molecule has 1 heterocycles. The minimum Gasteiger partial charge on any atom is -0.505 e. The van der Waals surface area contributed by atoms with Crippen molar-refractivity contribution in [3.63, 3.8) is 0 Å². The van der Waals surface area contributed by atoms with Gasteiger partial charge in [0.05, 0.1) is 0 Å². The molecule has 9 heteroatoms. The molecule has 3 aromatic rings. The predicted molar refractivity (Wildman–Crippen MR) is 87.5 cm³/mol. The van der Waals surface area contributed by atoms with E-state index in [4.69, 9.17) is 11.6 Å². The van der Waals surface area contributed by atoms with Gasteiger partial charge in [-0.1, -0.05) is 35.9 Å². The van der Waals surface area contributed by atoms with Gasteiger partial charge in [-0.15, -0.1) is 13.2 Å². The van der Waals surface area contributed by atoms with Gasteiger partial charge in [-0.05, 0) is 18.2 Å². The lowest BCUT2D eigenvalue weighted by molar-refractivity contribution is -0.274. The van der Waals surface area contributed by atoms with E-state index in [1.54, 1.807) is 0 Å². The number of aromatic hydroxyl groups is 1. The first kappa shape index (κ1) is 17.8. The van der Waals surface area contributed by atoms with Crippen molar-refractivity contribution in [3.8, 4) is 22.8 Å². The van der Waals surface area contributed by atoms with Gasteiger partial charge in [-0.25, -0.2) is 9.78 Å². The summed E-state index contributed by atoms with van der Waals surface area (Å²) < 4.78 is 41.9. The molecular weight excluding hydrogens is 375 g/mol. The average Bonchev–Trinajstić information content (AvgIpc) is 2.53. The minimum atomic E-state index is -4.99. The Labute approximate surface area is 149 Å². The Morgan fingerprint density at radius 3 is 2.35 bits per heavy atom. The van der Waals surface area contributed by atoms with Crippen molar-refractivity contribution in [2.45, 2.75) is 6.36 Å². The molecular formula is C17H9ClF3NO4. The van der Waals surface area contributed by atoms with Crippen molar-refractivity contribution in [2.75, 3.05) is 0 Å². The molecule has 0 aliphatic heterocycles. The second-order valence-corrected chi connectivity index (χ2v) is 5.63. The molecule has 1 aromatic heterocycles. The van der Waals surface area contributed by atoms with E-state index in [9.17, 15) is 28.2 Å². The molecule has 3 rings (SSSR count). The molecule has 0 bridgehead atoms. The molecule has 0 radical (unpaired) electrons. The van der Waals surface area contributed by atoms with Crippen LogP contribution in [0.2, 0.25) is 5.02 Å². The Bertz CT molecular complexity index is 1000. The molecule has 0 atom stereocenters. The van der Waals surface area contributed by atoms with Crippen LogP contribution in [0.4, 0.5) is 13.2 Å². The number of carbonyl (C=O) groups is 1. The highest BCUT2D eigenvalue weighted by atomic mass is 35.5. The van der Waals surface area contributed by atoms with Gasteiger partial charge < -0.3 is 14.9 Å². The lowest BCUT2D eigenvalue weighted by atomic mass is 10.0. The lowest BCUT2D eigenvalue weighted by Crippen LogP contribution is -2.17. The number of para-hydroxylation sites is 1. The summed E-state index contributed by atoms with van der Waals surface area (Å²) in [7, 11) is 0. The van der Waals surface area contributed by atoms with Gasteiger partial charge in [0.1, 0.15) is 16.8 Å². The summed E-state index contributed by atoms with van der Waals surface area (Å²) in [4.78, 5) is 15.6. The standard InChI is InChI=1S/C17H9ClF3NO4/c18-9-6-4-8(5-7-9)13-15(23)12(16(24)25)10-2-1-3-11(14(10)22-13)26-17(19,20)21/h1-7,23H,(H,24,25). The largest absolute Gasteiger partial charge is 0.573 e. The van der Waals surface area contributed by atoms with Gasteiger partial charge in [0, 0.05) is 16.0 Å². The van der Waals surface area contributed by atoms with E-state index >= 15 is 0 Å². The molecule has 0 unspecified atom stereocenters. The molecule has 0 amide bonds. The van der Waals surface area contributed by atoms with E-state index in [1.807, 2.05) is 0 Å². The normalized spacial score (nSPS) is 11.5. The Hall–Kier alpha value is -3.00. The molecule has 134 valence electrons. The highest BCUT2D eigenvalue weighted by Gasteiger charge is 2.33. The number of benzene rings is 2. The van der Waals surface area contributed by atoms with Crippen LogP contribution in [0.15, 0.2) is 42.5 Å². The van der Waals surface area contributed by atoms with Gasteiger partial charge >= 0.3 is 12.3 Å². The Morgan fingerprint density at radius 1 is 1.12 bits per heavy atom. The number of carboxylic acid groups (broad SMARTS) is 1. The number of hydrogen-bond acceptors (Lipinski definition) is 4. The zero-order valence-electron chi connectivity index (χ0n) is 12.7. The van der Waals surface area contributed by atoms with Crippen LogP contribution in [0, 0.1) is 0 Å². The summed E-state index contributed by atoms with van der Waals surface area (Å²) in [5, 5.41) is 20.0. The molecule has 26 heavy (non-hydrogen) atoms. The van der Waals surface area contributed by atoms with Crippen molar-refractivity contribution in [2.24, 2.45) is 0 Å². The van der Waals surface area contributed by atoms with Gasteiger partial charge in [0.25, 0.3) is 0 Å². The van der Waals surface area contributed by atoms with Crippen molar-refractivity contribution >= 4 is 28.5 Å². The molecule has 2 N–H and O–H groups in total. The highest BCUT2D eigenvalue weighted by Crippen LogP contribution is 2.39. The second-order valence-electron chi connectivity index (χ2n) is 5.20. The smallest absolute Gasteiger partial charge is 0.505 e. The van der Waals surface area contributed by atoms with Gasteiger partial charge in [0.15, 0.2) is 11.5 Å². The number of rotatable bonds is 3. The first-order valence-electron chi connectivity index (χ1n) is 7.08. The molecule has 0 aliphatic rings. The molecule has 2 aromatic carbocycles. The van der Waals surface area contributed by atoms with Gasteiger partial charge in [0.2, 0.25) is 0 Å². The third-order valence-corrected chi connectivity index (χ3v) is 3.76. The average molecular weight is 384 g/mol. The number of hydrogen-bond donors (Lipinski definition) is 2. The van der Waals surface area contributed by atoms with Crippen LogP contribution >= 0.6 is 11.6 Å². The molecule has 0 saturated carbocycles. The van der Waals surface area contributed by atoms with Gasteiger partial charge in [-0.3, -0.25) is 0 Å². The van der Waals surface area contributed by atoms with E-state index in [1.165, 1.54) is 36.4 Å². The molecule has 0 fully saturated rings. The SMILES string of the molecule is O=C(O)c1c(O)c(-c2ccc(Cl)cc2)nc2c(OC(F)(F)F)cccc12. The van der Waals surface area contributed by atoms with Crippen LogP contribution in [-0.4, -0.2) is 27.5 Å². The van der Waals surface area contributed by atoms with Crippen molar-refractivity contribution < 1.29 is 32.9 Å². The zero-order chi connectivity index (χ0) is 19.1. The summed E-state index contributed by atoms with van der Waals surface area (Å²) in [5.41, 5.74) is -0.847. The monoisotopic (exact) mass is 383 g/mol. The van der Waals surface area contributed by atoms with Crippen molar-refractivity contribution in [3.05, 3.63) is 53.1 Å². The Kier molecular flexibility index (Phi) is 4.37. The summed E-state index contributed by atoms with van der Waals surface area (Å²) in [6.45, 7) is 0. The van der Waals surface area contributed by atoms with Crippen LogP contribution in [0.25, 0.3) is 22.2 Å². The number of alkyl halides is 3. The summed E-state index contributed by atoms with van der Waals surface area (Å²) in [5.74, 6) is -2.86. The van der Waals surface area contributed by atoms with E-state index in [-0.39, 0.29) is 22.2 Å². The number of pyridine rings is 1. The minimum absolute atomic E-state index is 0.186. The number of aromatic nitrogens is 1. The quantitative estimate of drug-likeness (QED) is 0.675. The van der Waals surface area contributed by atoms with Crippen LogP contribution in [0.5, 0.6) is 11.5 Å². The number of carboxylic acids is 1. The Balaban J connectivity index is 2.35. The molecule has 0 spiro atoms. The van der Waals surface area contributed by atoms with Gasteiger partial charge in [-0.2, -0.15) is 0 Å². The third-order valence-electron chi connectivity index (χ3n) is 3.51. The number of halogens is 4. The van der Waals surface area contributed by atoms with Crippen molar-refractivity contribution in [1.82, 2.24) is 4.98 Å². The van der Waals surface area contributed by atoms with E-state index in [0.29, 0.717) is 5.02 Å². The maximum absolute atomic E-state index is 12.6.